The normalized spacial score (nSPS) is 10.6. The molecule has 0 aliphatic heterocycles. The number of thioether (sulfide) groups is 1. The van der Waals surface area contributed by atoms with Crippen molar-refractivity contribution < 1.29 is 14.0 Å². The van der Waals surface area contributed by atoms with Gasteiger partial charge in [-0.05, 0) is 43.3 Å². The van der Waals surface area contributed by atoms with Gasteiger partial charge in [0.05, 0.1) is 0 Å². The van der Waals surface area contributed by atoms with Gasteiger partial charge in [-0.25, -0.2) is 0 Å². The van der Waals surface area contributed by atoms with Crippen LogP contribution < -0.4 is 5.32 Å². The Labute approximate surface area is 166 Å². The standard InChI is InChI=1S/C21H18ClNO3S/c1-14(24)15-2-4-16(5-3-15)19-10-11-20(26-19)21(25)23-12-13-27-18-8-6-17(22)7-9-18/h2-11H,12-13H2,1H3,(H,23,25). The number of ketones is 1. The van der Waals surface area contributed by atoms with Gasteiger partial charge in [-0.2, -0.15) is 0 Å². The molecule has 2 aromatic carbocycles. The SMILES string of the molecule is CC(=O)c1ccc(-c2ccc(C(=O)NCCSc3ccc(Cl)cc3)o2)cc1. The van der Waals surface area contributed by atoms with Crippen LogP contribution in [0.25, 0.3) is 11.3 Å². The van der Waals surface area contributed by atoms with Crippen LogP contribution in [-0.4, -0.2) is 24.0 Å². The molecular formula is C21H18ClNO3S. The van der Waals surface area contributed by atoms with Crippen molar-refractivity contribution in [1.29, 1.82) is 0 Å². The van der Waals surface area contributed by atoms with Gasteiger partial charge in [-0.1, -0.05) is 35.9 Å². The zero-order valence-corrected chi connectivity index (χ0v) is 16.3. The van der Waals surface area contributed by atoms with Crippen LogP contribution >= 0.6 is 23.4 Å². The van der Waals surface area contributed by atoms with Gasteiger partial charge in [0.2, 0.25) is 0 Å². The number of carbonyl (C=O) groups excluding carboxylic acids is 2. The summed E-state index contributed by atoms with van der Waals surface area (Å²) in [7, 11) is 0. The van der Waals surface area contributed by atoms with E-state index in [1.165, 1.54) is 6.92 Å². The number of benzene rings is 2. The fourth-order valence-electron chi connectivity index (χ4n) is 2.44. The molecule has 0 atom stereocenters. The Hall–Kier alpha value is -2.50. The van der Waals surface area contributed by atoms with Gasteiger partial charge in [0.15, 0.2) is 11.5 Å². The molecule has 0 saturated carbocycles. The second-order valence-corrected chi connectivity index (χ2v) is 7.46. The monoisotopic (exact) mass is 399 g/mol. The minimum absolute atomic E-state index is 0.0116. The lowest BCUT2D eigenvalue weighted by Gasteiger charge is -2.04. The lowest BCUT2D eigenvalue weighted by atomic mass is 10.1. The van der Waals surface area contributed by atoms with Crippen molar-refractivity contribution in [3.63, 3.8) is 0 Å². The van der Waals surface area contributed by atoms with Crippen molar-refractivity contribution >= 4 is 35.1 Å². The Morgan fingerprint density at radius 1 is 1.00 bits per heavy atom. The highest BCUT2D eigenvalue weighted by molar-refractivity contribution is 7.99. The lowest BCUT2D eigenvalue weighted by Crippen LogP contribution is -2.25. The number of furan rings is 1. The lowest BCUT2D eigenvalue weighted by molar-refractivity contribution is 0.0928. The number of halogens is 1. The molecule has 0 unspecified atom stereocenters. The Morgan fingerprint density at radius 3 is 2.37 bits per heavy atom. The van der Waals surface area contributed by atoms with Gasteiger partial charge >= 0.3 is 0 Å². The van der Waals surface area contributed by atoms with Crippen LogP contribution in [0, 0.1) is 0 Å². The highest BCUT2D eigenvalue weighted by Gasteiger charge is 2.12. The average molecular weight is 400 g/mol. The van der Waals surface area contributed by atoms with Gasteiger partial charge < -0.3 is 9.73 Å². The topological polar surface area (TPSA) is 59.3 Å². The molecule has 0 saturated heterocycles. The third-order valence-electron chi connectivity index (χ3n) is 3.88. The molecule has 3 aromatic rings. The summed E-state index contributed by atoms with van der Waals surface area (Å²) in [6.07, 6.45) is 0. The molecule has 3 rings (SSSR count). The van der Waals surface area contributed by atoms with Gasteiger partial charge in [-0.15, -0.1) is 11.8 Å². The molecule has 0 aliphatic rings. The maximum Gasteiger partial charge on any atom is 0.287 e. The minimum Gasteiger partial charge on any atom is -0.451 e. The van der Waals surface area contributed by atoms with Crippen LogP contribution in [0.2, 0.25) is 5.02 Å². The van der Waals surface area contributed by atoms with E-state index in [1.807, 2.05) is 24.3 Å². The zero-order valence-electron chi connectivity index (χ0n) is 14.7. The summed E-state index contributed by atoms with van der Waals surface area (Å²) in [6.45, 7) is 2.05. The molecule has 27 heavy (non-hydrogen) atoms. The number of hydrogen-bond donors (Lipinski definition) is 1. The van der Waals surface area contributed by atoms with E-state index in [1.54, 1.807) is 48.2 Å². The fraction of sp³-hybridized carbons (Fsp3) is 0.143. The average Bonchev–Trinajstić information content (AvgIpc) is 3.17. The molecule has 1 aromatic heterocycles. The van der Waals surface area contributed by atoms with Crippen molar-refractivity contribution in [2.75, 3.05) is 12.3 Å². The summed E-state index contributed by atoms with van der Waals surface area (Å²) in [4.78, 5) is 24.6. The Balaban J connectivity index is 1.52. The van der Waals surface area contributed by atoms with Crippen LogP contribution in [0.15, 0.2) is 70.0 Å². The van der Waals surface area contributed by atoms with E-state index in [4.69, 9.17) is 16.0 Å². The largest absolute Gasteiger partial charge is 0.451 e. The zero-order chi connectivity index (χ0) is 19.2. The van der Waals surface area contributed by atoms with Crippen molar-refractivity contribution in [2.45, 2.75) is 11.8 Å². The van der Waals surface area contributed by atoms with Gasteiger partial charge in [0.1, 0.15) is 5.76 Å². The Bertz CT molecular complexity index is 933. The van der Waals surface area contributed by atoms with Crippen molar-refractivity contribution in [3.05, 3.63) is 77.0 Å². The second-order valence-electron chi connectivity index (χ2n) is 5.86. The number of rotatable bonds is 7. The molecule has 0 bridgehead atoms. The summed E-state index contributed by atoms with van der Waals surface area (Å²) >= 11 is 7.50. The highest BCUT2D eigenvalue weighted by Crippen LogP contribution is 2.23. The van der Waals surface area contributed by atoms with Gasteiger partial charge in [0.25, 0.3) is 5.91 Å². The van der Waals surface area contributed by atoms with Crippen LogP contribution in [0.3, 0.4) is 0 Å². The first-order valence-corrected chi connectivity index (χ1v) is 9.77. The predicted octanol–water partition coefficient (Wildman–Crippen LogP) is 5.32. The van der Waals surface area contributed by atoms with E-state index in [0.29, 0.717) is 22.9 Å². The number of Topliss-reactive ketones (excluding diaryl/α,β-unsaturated/α-hetero) is 1. The minimum atomic E-state index is -0.252. The van der Waals surface area contributed by atoms with E-state index in [9.17, 15) is 9.59 Å². The fourth-order valence-corrected chi connectivity index (χ4v) is 3.33. The molecule has 1 heterocycles. The van der Waals surface area contributed by atoms with E-state index in [0.717, 1.165) is 16.2 Å². The van der Waals surface area contributed by atoms with E-state index in [-0.39, 0.29) is 17.5 Å². The maximum absolute atomic E-state index is 12.2. The molecule has 4 nitrogen and oxygen atoms in total. The molecule has 0 fully saturated rings. The van der Waals surface area contributed by atoms with E-state index < -0.39 is 0 Å². The molecule has 0 aliphatic carbocycles. The molecule has 6 heteroatoms. The van der Waals surface area contributed by atoms with Crippen LogP contribution in [-0.2, 0) is 0 Å². The molecule has 1 N–H and O–H groups in total. The first-order valence-electron chi connectivity index (χ1n) is 8.41. The Morgan fingerprint density at radius 2 is 1.70 bits per heavy atom. The maximum atomic E-state index is 12.2. The highest BCUT2D eigenvalue weighted by atomic mass is 35.5. The summed E-state index contributed by atoms with van der Waals surface area (Å²) < 4.78 is 5.64. The smallest absolute Gasteiger partial charge is 0.287 e. The molecular weight excluding hydrogens is 382 g/mol. The number of amides is 1. The third-order valence-corrected chi connectivity index (χ3v) is 5.14. The van der Waals surface area contributed by atoms with Crippen molar-refractivity contribution in [2.24, 2.45) is 0 Å². The molecule has 0 spiro atoms. The van der Waals surface area contributed by atoms with E-state index in [2.05, 4.69) is 5.32 Å². The second kappa shape index (κ2) is 8.93. The molecule has 1 amide bonds. The van der Waals surface area contributed by atoms with Crippen LogP contribution in [0.5, 0.6) is 0 Å². The first kappa shape index (κ1) is 19.3. The summed E-state index contributed by atoms with van der Waals surface area (Å²) in [5.74, 6) is 1.35. The van der Waals surface area contributed by atoms with E-state index >= 15 is 0 Å². The third kappa shape index (κ3) is 5.25. The van der Waals surface area contributed by atoms with Crippen molar-refractivity contribution in [1.82, 2.24) is 5.32 Å². The van der Waals surface area contributed by atoms with Gasteiger partial charge in [-0.3, -0.25) is 9.59 Å². The first-order chi connectivity index (χ1) is 13.0. The quantitative estimate of drug-likeness (QED) is 0.331. The Kier molecular flexibility index (Phi) is 6.37. The molecule has 138 valence electrons. The molecule has 0 radical (unpaired) electrons. The summed E-state index contributed by atoms with van der Waals surface area (Å²) in [5, 5.41) is 3.55. The number of nitrogens with one attached hydrogen (secondary N) is 1. The summed E-state index contributed by atoms with van der Waals surface area (Å²) in [5.41, 5.74) is 1.46. The number of carbonyl (C=O) groups is 2. The van der Waals surface area contributed by atoms with Crippen LogP contribution in [0.4, 0.5) is 0 Å². The summed E-state index contributed by atoms with van der Waals surface area (Å²) in [6, 6.07) is 18.1. The van der Waals surface area contributed by atoms with Crippen LogP contribution in [0.1, 0.15) is 27.8 Å². The number of hydrogen-bond acceptors (Lipinski definition) is 4. The predicted molar refractivity (Wildman–Crippen MR) is 109 cm³/mol. The van der Waals surface area contributed by atoms with Crippen molar-refractivity contribution in [3.8, 4) is 11.3 Å². The van der Waals surface area contributed by atoms with Gasteiger partial charge in [0, 0.05) is 33.3 Å².